The minimum atomic E-state index is -0.0327. The SMILES string of the molecule is CC1(C)CN(C(C)(C)C)CC(C)(C)O1. The highest BCUT2D eigenvalue weighted by molar-refractivity contribution is 4.93. The van der Waals surface area contributed by atoms with E-state index in [1.165, 1.54) is 0 Å². The topological polar surface area (TPSA) is 12.5 Å². The number of rotatable bonds is 0. The summed E-state index contributed by atoms with van der Waals surface area (Å²) in [5.41, 5.74) is 0.169. The van der Waals surface area contributed by atoms with E-state index in [9.17, 15) is 0 Å². The molecule has 1 aliphatic heterocycles. The van der Waals surface area contributed by atoms with Gasteiger partial charge in [-0.1, -0.05) is 0 Å². The third-order valence-electron chi connectivity index (χ3n) is 2.64. The number of hydrogen-bond acceptors (Lipinski definition) is 2. The third-order valence-corrected chi connectivity index (χ3v) is 2.64. The normalized spacial score (nSPS) is 27.6. The summed E-state index contributed by atoms with van der Waals surface area (Å²) in [7, 11) is 0. The van der Waals surface area contributed by atoms with Gasteiger partial charge in [-0.25, -0.2) is 0 Å². The van der Waals surface area contributed by atoms with E-state index >= 15 is 0 Å². The fourth-order valence-corrected chi connectivity index (χ4v) is 2.26. The van der Waals surface area contributed by atoms with Crippen molar-refractivity contribution < 1.29 is 4.74 Å². The molecule has 1 rings (SSSR count). The van der Waals surface area contributed by atoms with Gasteiger partial charge >= 0.3 is 0 Å². The lowest BCUT2D eigenvalue weighted by molar-refractivity contribution is -0.194. The van der Waals surface area contributed by atoms with E-state index in [4.69, 9.17) is 4.74 Å². The van der Waals surface area contributed by atoms with Crippen LogP contribution in [0.25, 0.3) is 0 Å². The molecular weight excluding hydrogens is 174 g/mol. The average molecular weight is 199 g/mol. The van der Waals surface area contributed by atoms with Gasteiger partial charge in [0.15, 0.2) is 0 Å². The molecule has 0 saturated carbocycles. The highest BCUT2D eigenvalue weighted by Gasteiger charge is 2.41. The van der Waals surface area contributed by atoms with Crippen LogP contribution in [0.5, 0.6) is 0 Å². The van der Waals surface area contributed by atoms with Crippen molar-refractivity contribution in [1.29, 1.82) is 0 Å². The van der Waals surface area contributed by atoms with Crippen LogP contribution in [0.1, 0.15) is 48.5 Å². The van der Waals surface area contributed by atoms with Crippen LogP contribution >= 0.6 is 0 Å². The summed E-state index contributed by atoms with van der Waals surface area (Å²) < 4.78 is 6.04. The lowest BCUT2D eigenvalue weighted by Gasteiger charge is -2.51. The molecule has 0 bridgehead atoms. The van der Waals surface area contributed by atoms with Crippen molar-refractivity contribution in [1.82, 2.24) is 4.90 Å². The number of ether oxygens (including phenoxy) is 1. The molecule has 0 aromatic carbocycles. The molecule has 0 N–H and O–H groups in total. The number of morpholine rings is 1. The minimum Gasteiger partial charge on any atom is -0.367 e. The fraction of sp³-hybridized carbons (Fsp3) is 1.00. The summed E-state index contributed by atoms with van der Waals surface area (Å²) in [5, 5.41) is 0. The Bertz CT molecular complexity index is 197. The predicted octanol–water partition coefficient (Wildman–Crippen LogP) is 2.67. The second-order valence-corrected chi connectivity index (χ2v) is 6.65. The van der Waals surface area contributed by atoms with Gasteiger partial charge in [-0.05, 0) is 48.5 Å². The summed E-state index contributed by atoms with van der Waals surface area (Å²) in [6.07, 6.45) is 0. The Morgan fingerprint density at radius 3 is 1.57 bits per heavy atom. The van der Waals surface area contributed by atoms with E-state index in [0.29, 0.717) is 0 Å². The highest BCUT2D eigenvalue weighted by Crippen LogP contribution is 2.31. The van der Waals surface area contributed by atoms with Crippen LogP contribution in [0.15, 0.2) is 0 Å². The minimum absolute atomic E-state index is 0.0327. The molecule has 0 aromatic rings. The molecule has 0 unspecified atom stereocenters. The van der Waals surface area contributed by atoms with Gasteiger partial charge in [-0.15, -0.1) is 0 Å². The van der Waals surface area contributed by atoms with Crippen molar-refractivity contribution in [2.45, 2.75) is 65.2 Å². The summed E-state index contributed by atoms with van der Waals surface area (Å²) in [4.78, 5) is 2.51. The Hall–Kier alpha value is -0.0800. The van der Waals surface area contributed by atoms with E-state index in [2.05, 4.69) is 53.4 Å². The summed E-state index contributed by atoms with van der Waals surface area (Å²) in [5.74, 6) is 0. The van der Waals surface area contributed by atoms with Crippen LogP contribution in [0, 0.1) is 0 Å². The van der Waals surface area contributed by atoms with Crippen molar-refractivity contribution in [2.24, 2.45) is 0 Å². The molecule has 0 radical (unpaired) electrons. The lowest BCUT2D eigenvalue weighted by Crippen LogP contribution is -2.61. The zero-order chi connectivity index (χ0) is 11.2. The second-order valence-electron chi connectivity index (χ2n) is 6.65. The van der Waals surface area contributed by atoms with Gasteiger partial charge in [0.1, 0.15) is 0 Å². The summed E-state index contributed by atoms with van der Waals surface area (Å²) >= 11 is 0. The maximum Gasteiger partial charge on any atom is 0.0760 e. The molecule has 0 aromatic heterocycles. The average Bonchev–Trinajstić information content (AvgIpc) is 1.76. The van der Waals surface area contributed by atoms with E-state index < -0.39 is 0 Å². The first-order valence-corrected chi connectivity index (χ1v) is 5.47. The maximum atomic E-state index is 6.04. The third kappa shape index (κ3) is 2.96. The number of nitrogens with zero attached hydrogens (tertiary/aromatic N) is 1. The molecule has 1 aliphatic rings. The maximum absolute atomic E-state index is 6.04. The molecule has 0 aliphatic carbocycles. The predicted molar refractivity (Wildman–Crippen MR) is 60.6 cm³/mol. The molecule has 2 nitrogen and oxygen atoms in total. The standard InChI is InChI=1S/C12H25NO/c1-10(2,3)13-8-11(4,5)14-12(6,7)9-13/h8-9H2,1-7H3. The van der Waals surface area contributed by atoms with Crippen LogP contribution < -0.4 is 0 Å². The van der Waals surface area contributed by atoms with E-state index in [1.807, 2.05) is 0 Å². The van der Waals surface area contributed by atoms with Gasteiger partial charge in [0.2, 0.25) is 0 Å². The van der Waals surface area contributed by atoms with Crippen molar-refractivity contribution in [3.63, 3.8) is 0 Å². The molecule has 0 atom stereocenters. The van der Waals surface area contributed by atoms with E-state index in [1.54, 1.807) is 0 Å². The Kier molecular flexibility index (Phi) is 2.75. The van der Waals surface area contributed by atoms with Crippen LogP contribution in [0.3, 0.4) is 0 Å². The van der Waals surface area contributed by atoms with Crippen molar-refractivity contribution in [3.05, 3.63) is 0 Å². The van der Waals surface area contributed by atoms with Crippen molar-refractivity contribution in [2.75, 3.05) is 13.1 Å². The zero-order valence-electron chi connectivity index (χ0n) is 10.8. The Balaban J connectivity index is 2.82. The van der Waals surface area contributed by atoms with Gasteiger partial charge in [-0.2, -0.15) is 0 Å². The fourth-order valence-electron chi connectivity index (χ4n) is 2.26. The second kappa shape index (κ2) is 3.21. The highest BCUT2D eigenvalue weighted by atomic mass is 16.5. The van der Waals surface area contributed by atoms with Gasteiger partial charge in [0, 0.05) is 18.6 Å². The first kappa shape index (κ1) is 12.0. The Labute approximate surface area is 88.6 Å². The summed E-state index contributed by atoms with van der Waals surface area (Å²) in [6, 6.07) is 0. The molecule has 14 heavy (non-hydrogen) atoms. The quantitative estimate of drug-likeness (QED) is 0.595. The number of hydrogen-bond donors (Lipinski definition) is 0. The molecular formula is C12H25NO. The zero-order valence-corrected chi connectivity index (χ0v) is 10.8. The molecule has 1 saturated heterocycles. The van der Waals surface area contributed by atoms with Crippen molar-refractivity contribution >= 4 is 0 Å². The van der Waals surface area contributed by atoms with E-state index in [0.717, 1.165) is 13.1 Å². The molecule has 0 amide bonds. The molecule has 0 spiro atoms. The monoisotopic (exact) mass is 199 g/mol. The van der Waals surface area contributed by atoms with Crippen LogP contribution in [-0.2, 0) is 4.74 Å². The van der Waals surface area contributed by atoms with Gasteiger partial charge in [-0.3, -0.25) is 4.90 Å². The molecule has 2 heteroatoms. The first-order valence-electron chi connectivity index (χ1n) is 5.47. The van der Waals surface area contributed by atoms with Crippen LogP contribution in [-0.4, -0.2) is 34.7 Å². The Morgan fingerprint density at radius 1 is 0.929 bits per heavy atom. The van der Waals surface area contributed by atoms with Gasteiger partial charge in [0.25, 0.3) is 0 Å². The molecule has 1 heterocycles. The van der Waals surface area contributed by atoms with Crippen molar-refractivity contribution in [3.8, 4) is 0 Å². The largest absolute Gasteiger partial charge is 0.367 e. The first-order chi connectivity index (χ1) is 6.02. The lowest BCUT2D eigenvalue weighted by atomic mass is 9.94. The molecule has 1 fully saturated rings. The van der Waals surface area contributed by atoms with Crippen LogP contribution in [0.4, 0.5) is 0 Å². The van der Waals surface area contributed by atoms with Crippen LogP contribution in [0.2, 0.25) is 0 Å². The molecule has 84 valence electrons. The summed E-state index contributed by atoms with van der Waals surface area (Å²) in [6.45, 7) is 17.5. The van der Waals surface area contributed by atoms with Gasteiger partial charge in [0.05, 0.1) is 11.2 Å². The van der Waals surface area contributed by atoms with Gasteiger partial charge < -0.3 is 4.74 Å². The Morgan fingerprint density at radius 2 is 1.29 bits per heavy atom. The van der Waals surface area contributed by atoms with E-state index in [-0.39, 0.29) is 16.7 Å². The smallest absolute Gasteiger partial charge is 0.0760 e.